The fraction of sp³-hybridized carbons (Fsp3) is 0.653. The van der Waals surface area contributed by atoms with Crippen molar-refractivity contribution in [3.8, 4) is 11.5 Å². The summed E-state index contributed by atoms with van der Waals surface area (Å²) in [4.78, 5) is 74.6. The van der Waals surface area contributed by atoms with Crippen LogP contribution >= 0.6 is 0 Å². The van der Waals surface area contributed by atoms with Crippen LogP contribution in [-0.4, -0.2) is 141 Å². The molecule has 2 aromatic carbocycles. The van der Waals surface area contributed by atoms with Crippen LogP contribution in [0.1, 0.15) is 98.3 Å². The van der Waals surface area contributed by atoms with Crippen molar-refractivity contribution in [2.24, 2.45) is 23.7 Å². The van der Waals surface area contributed by atoms with Gasteiger partial charge in [0.1, 0.15) is 30.2 Å². The van der Waals surface area contributed by atoms with E-state index in [1.54, 1.807) is 61.0 Å². The van der Waals surface area contributed by atoms with Gasteiger partial charge in [-0.05, 0) is 60.8 Å². The van der Waals surface area contributed by atoms with Gasteiger partial charge in [0.15, 0.2) is 0 Å². The Morgan fingerprint density at radius 1 is 0.815 bits per heavy atom. The minimum Gasteiger partial charge on any atom is -0.497 e. The minimum atomic E-state index is -0.975. The average molecular weight is 912 g/mol. The van der Waals surface area contributed by atoms with Crippen LogP contribution in [0.3, 0.4) is 0 Å². The third-order valence-electron chi connectivity index (χ3n) is 12.9. The van der Waals surface area contributed by atoms with E-state index in [-0.39, 0.29) is 48.5 Å². The van der Waals surface area contributed by atoms with Crippen molar-refractivity contribution in [3.05, 3.63) is 59.7 Å². The number of rotatable bonds is 24. The molecule has 0 bridgehead atoms. The highest BCUT2D eigenvalue weighted by Crippen LogP contribution is 2.30. The SMILES string of the molecule is CC[C@@H](C)[C@H]([C@H](CC(=O)N1CCC[C@@H]1[C@@H](OC)C(C)C(=O)N[C@@H](C)[C@H](O)c1ccccc1)OC)N(C)C(=O)[C@H](NC(=O)[C@@H](C(C)C)N(C)C(=O)OCc1cc(OC)cc(OC)c1)C(C)C. The van der Waals surface area contributed by atoms with Crippen molar-refractivity contribution in [1.82, 2.24) is 25.3 Å². The molecule has 0 radical (unpaired) electrons. The lowest BCUT2D eigenvalue weighted by Gasteiger charge is -2.41. The van der Waals surface area contributed by atoms with Gasteiger partial charge in [0.25, 0.3) is 0 Å². The molecule has 1 fully saturated rings. The fourth-order valence-electron chi connectivity index (χ4n) is 8.89. The van der Waals surface area contributed by atoms with E-state index in [1.807, 2.05) is 59.7 Å². The van der Waals surface area contributed by atoms with Gasteiger partial charge in [-0.25, -0.2) is 4.79 Å². The summed E-state index contributed by atoms with van der Waals surface area (Å²) in [5.41, 5.74) is 1.32. The van der Waals surface area contributed by atoms with Gasteiger partial charge in [0.2, 0.25) is 23.6 Å². The molecule has 0 saturated carbocycles. The van der Waals surface area contributed by atoms with Crippen LogP contribution in [0.15, 0.2) is 48.5 Å². The Kier molecular flexibility index (Phi) is 21.5. The number of nitrogens with zero attached hydrogens (tertiary/aromatic N) is 3. The number of ether oxygens (including phenoxy) is 5. The van der Waals surface area contributed by atoms with E-state index in [2.05, 4.69) is 10.6 Å². The highest BCUT2D eigenvalue weighted by molar-refractivity contribution is 5.91. The lowest BCUT2D eigenvalue weighted by Crippen LogP contribution is -2.60. The van der Waals surface area contributed by atoms with Crippen molar-refractivity contribution in [2.75, 3.05) is 49.1 Å². The molecule has 1 saturated heterocycles. The number of benzene rings is 2. The zero-order valence-electron chi connectivity index (χ0n) is 41.2. The largest absolute Gasteiger partial charge is 0.497 e. The zero-order chi connectivity index (χ0) is 48.7. The summed E-state index contributed by atoms with van der Waals surface area (Å²) >= 11 is 0. The van der Waals surface area contributed by atoms with Gasteiger partial charge in [0, 0.05) is 40.9 Å². The molecule has 3 N–H and O–H groups in total. The van der Waals surface area contributed by atoms with Gasteiger partial charge >= 0.3 is 6.09 Å². The van der Waals surface area contributed by atoms with Crippen LogP contribution in [-0.2, 0) is 40.0 Å². The monoisotopic (exact) mass is 912 g/mol. The molecular formula is C49H77N5O11. The summed E-state index contributed by atoms with van der Waals surface area (Å²) in [5, 5.41) is 16.8. The van der Waals surface area contributed by atoms with Crippen LogP contribution in [0, 0.1) is 23.7 Å². The first kappa shape index (κ1) is 54.4. The predicted octanol–water partition coefficient (Wildman–Crippen LogP) is 5.60. The second-order valence-corrected chi connectivity index (χ2v) is 18.0. The van der Waals surface area contributed by atoms with E-state index in [4.69, 9.17) is 23.7 Å². The number of aliphatic hydroxyl groups is 1. The van der Waals surface area contributed by atoms with Crippen LogP contribution < -0.4 is 20.1 Å². The topological polar surface area (TPSA) is 186 Å². The van der Waals surface area contributed by atoms with Crippen molar-refractivity contribution in [1.29, 1.82) is 0 Å². The smallest absolute Gasteiger partial charge is 0.410 e. The van der Waals surface area contributed by atoms with E-state index >= 15 is 0 Å². The van der Waals surface area contributed by atoms with Crippen LogP contribution in [0.2, 0.25) is 0 Å². The van der Waals surface area contributed by atoms with Gasteiger partial charge < -0.3 is 49.2 Å². The molecule has 0 aromatic heterocycles. The maximum absolute atomic E-state index is 14.6. The van der Waals surface area contributed by atoms with E-state index in [0.29, 0.717) is 42.0 Å². The molecule has 1 unspecified atom stereocenters. The highest BCUT2D eigenvalue weighted by atomic mass is 16.6. The number of carbonyl (C=O) groups excluding carboxylic acids is 5. The number of likely N-dealkylation sites (N-methyl/N-ethyl adjacent to an activating group) is 2. The molecule has 16 heteroatoms. The molecule has 364 valence electrons. The summed E-state index contributed by atoms with van der Waals surface area (Å²) in [7, 11) is 9.27. The summed E-state index contributed by atoms with van der Waals surface area (Å²) in [6.07, 6.45) is -0.993. The maximum atomic E-state index is 14.6. The number of likely N-dealkylation sites (tertiary alicyclic amines) is 1. The molecule has 0 spiro atoms. The second kappa shape index (κ2) is 25.7. The quantitative estimate of drug-likeness (QED) is 0.119. The Hall–Kier alpha value is -4.93. The standard InChI is InChI=1S/C49H77N5O11/c1-15-31(6)43(39(63-13)27-40(55)54-23-19-22-38(54)45(64-14)32(7)46(57)50-33(8)44(56)35-20-17-16-18-21-35)52(9)48(59)41(29(2)3)51-47(58)42(30(4)5)53(10)49(60)65-28-34-24-36(61-11)26-37(25-34)62-12/h16-18,20-21,24-26,29-33,38-39,41-45,56H,15,19,22-23,27-28H2,1-14H3,(H,50,57)(H,51,58)/t31-,32?,33+,38-,39+,41-,42-,43-,44+,45+/m1/s1. The lowest BCUT2D eigenvalue weighted by atomic mass is 9.89. The Balaban J connectivity index is 1.76. The van der Waals surface area contributed by atoms with Crippen molar-refractivity contribution in [2.45, 2.75) is 136 Å². The summed E-state index contributed by atoms with van der Waals surface area (Å²) in [6.45, 7) is 15.2. The first-order chi connectivity index (χ1) is 30.8. The average Bonchev–Trinajstić information content (AvgIpc) is 3.78. The molecule has 1 heterocycles. The van der Waals surface area contributed by atoms with Crippen LogP contribution in [0.5, 0.6) is 11.5 Å². The minimum absolute atomic E-state index is 0.0412. The Labute approximate surface area is 387 Å². The van der Waals surface area contributed by atoms with Crippen LogP contribution in [0.25, 0.3) is 0 Å². The number of hydrogen-bond acceptors (Lipinski definition) is 11. The van der Waals surface area contributed by atoms with Gasteiger partial charge in [-0.3, -0.25) is 24.1 Å². The number of amides is 5. The van der Waals surface area contributed by atoms with Crippen LogP contribution in [0.4, 0.5) is 4.79 Å². The van der Waals surface area contributed by atoms with Gasteiger partial charge in [0.05, 0.1) is 63.0 Å². The van der Waals surface area contributed by atoms with E-state index in [0.717, 1.165) is 6.42 Å². The molecule has 65 heavy (non-hydrogen) atoms. The van der Waals surface area contributed by atoms with Crippen molar-refractivity contribution < 1.29 is 52.8 Å². The maximum Gasteiger partial charge on any atom is 0.410 e. The molecule has 10 atom stereocenters. The second-order valence-electron chi connectivity index (χ2n) is 18.0. The van der Waals surface area contributed by atoms with Gasteiger partial charge in [-0.2, -0.15) is 0 Å². The molecule has 16 nitrogen and oxygen atoms in total. The molecule has 1 aliphatic rings. The normalized spacial score (nSPS) is 18.0. The summed E-state index contributed by atoms with van der Waals surface area (Å²) in [5.74, 6) is -1.75. The first-order valence-electron chi connectivity index (χ1n) is 22.8. The summed E-state index contributed by atoms with van der Waals surface area (Å²) < 4.78 is 28.3. The molecular weight excluding hydrogens is 835 g/mol. The third kappa shape index (κ3) is 14.3. The Bertz CT molecular complexity index is 1830. The first-order valence-corrected chi connectivity index (χ1v) is 22.8. The number of carbonyl (C=O) groups is 5. The number of nitrogens with one attached hydrogen (secondary N) is 2. The lowest BCUT2D eigenvalue weighted by molar-refractivity contribution is -0.148. The van der Waals surface area contributed by atoms with Crippen molar-refractivity contribution in [3.63, 3.8) is 0 Å². The summed E-state index contributed by atoms with van der Waals surface area (Å²) in [6, 6.07) is 10.8. The number of methoxy groups -OCH3 is 4. The molecule has 2 aromatic rings. The van der Waals surface area contributed by atoms with Gasteiger partial charge in [-0.1, -0.05) is 85.2 Å². The van der Waals surface area contributed by atoms with Crippen molar-refractivity contribution >= 4 is 29.7 Å². The molecule has 0 aliphatic carbocycles. The van der Waals surface area contributed by atoms with E-state index in [1.165, 1.54) is 40.4 Å². The molecule has 3 rings (SSSR count). The number of aliphatic hydroxyl groups excluding tert-OH is 1. The number of hydrogen-bond donors (Lipinski definition) is 3. The highest BCUT2D eigenvalue weighted by Gasteiger charge is 2.43. The fourth-order valence-corrected chi connectivity index (χ4v) is 8.89. The third-order valence-corrected chi connectivity index (χ3v) is 12.9. The Morgan fingerprint density at radius 3 is 1.95 bits per heavy atom. The van der Waals surface area contributed by atoms with E-state index in [9.17, 15) is 29.1 Å². The molecule has 1 aliphatic heterocycles. The van der Waals surface area contributed by atoms with Gasteiger partial charge in [-0.15, -0.1) is 0 Å². The molecule has 5 amide bonds. The zero-order valence-corrected chi connectivity index (χ0v) is 41.2. The van der Waals surface area contributed by atoms with E-state index < -0.39 is 66.4 Å². The Morgan fingerprint density at radius 2 is 1.43 bits per heavy atom. The predicted molar refractivity (Wildman–Crippen MR) is 248 cm³/mol.